The lowest BCUT2D eigenvalue weighted by Gasteiger charge is -2.26. The maximum Gasteiger partial charge on any atom is 0.415 e. The van der Waals surface area contributed by atoms with E-state index in [1.807, 2.05) is 0 Å². The molecule has 156 valence electrons. The van der Waals surface area contributed by atoms with Gasteiger partial charge in [-0.15, -0.1) is 0 Å². The third-order valence-corrected chi connectivity index (χ3v) is 4.70. The Morgan fingerprint density at radius 1 is 1.07 bits per heavy atom. The van der Waals surface area contributed by atoms with E-state index in [1.165, 1.54) is 12.1 Å². The van der Waals surface area contributed by atoms with Crippen molar-refractivity contribution in [1.82, 2.24) is 15.5 Å². The van der Waals surface area contributed by atoms with Gasteiger partial charge in [0.05, 0.1) is 10.6 Å². The number of piperazine rings is 1. The van der Waals surface area contributed by atoms with E-state index in [-0.39, 0.29) is 16.3 Å². The highest BCUT2D eigenvalue weighted by molar-refractivity contribution is 6.34. The summed E-state index contributed by atoms with van der Waals surface area (Å²) in [5, 5.41) is 15.1. The van der Waals surface area contributed by atoms with Crippen LogP contribution in [-0.4, -0.2) is 54.2 Å². The van der Waals surface area contributed by atoms with Gasteiger partial charge < -0.3 is 25.4 Å². The average molecular weight is 430 g/mol. The molecule has 1 saturated heterocycles. The molecule has 2 amide bonds. The number of nitrogens with zero attached hydrogens (tertiary/aromatic N) is 1. The second-order valence-electron chi connectivity index (χ2n) is 6.47. The number of hydrogen-bond donors (Lipinski definition) is 3. The van der Waals surface area contributed by atoms with E-state index in [0.717, 1.165) is 13.1 Å². The predicted octanol–water partition coefficient (Wildman–Crippen LogP) is 2.60. The first kappa shape index (κ1) is 21.4. The third kappa shape index (κ3) is 5.59. The summed E-state index contributed by atoms with van der Waals surface area (Å²) in [6.07, 6.45) is 0.872. The quantitative estimate of drug-likeness (QED) is 0.630. The molecule has 3 N–H and O–H groups in total. The summed E-state index contributed by atoms with van der Waals surface area (Å²) in [4.78, 5) is 37.6. The van der Waals surface area contributed by atoms with Crippen LogP contribution in [0, 0.1) is 0 Å². The summed E-state index contributed by atoms with van der Waals surface area (Å²) < 4.78 is 5.33. The molecular weight excluding hydrogens is 410 g/mol. The topological polar surface area (TPSA) is 108 Å². The first-order valence-corrected chi connectivity index (χ1v) is 9.60. The smallest absolute Gasteiger partial charge is 0.415 e. The van der Waals surface area contributed by atoms with Crippen LogP contribution in [-0.2, 0) is 4.79 Å². The van der Waals surface area contributed by atoms with Gasteiger partial charge in [0.2, 0.25) is 0 Å². The molecule has 1 aliphatic rings. The Balaban J connectivity index is 1.68. The number of rotatable bonds is 5. The Labute approximate surface area is 178 Å². The second-order valence-corrected chi connectivity index (χ2v) is 6.88. The number of carboxylic acids is 1. The largest absolute Gasteiger partial charge is 0.477 e. The first-order valence-electron chi connectivity index (χ1n) is 9.22. The van der Waals surface area contributed by atoms with Gasteiger partial charge >= 0.3 is 12.1 Å². The Bertz CT molecular complexity index is 969. The molecule has 1 fully saturated rings. The Hall–Kier alpha value is -3.36. The summed E-state index contributed by atoms with van der Waals surface area (Å²) in [5.41, 5.74) is 0.362. The van der Waals surface area contributed by atoms with Crippen molar-refractivity contribution in [1.29, 1.82) is 0 Å². The summed E-state index contributed by atoms with van der Waals surface area (Å²) >= 11 is 5.98. The third-order valence-electron chi connectivity index (χ3n) is 4.37. The molecule has 30 heavy (non-hydrogen) atoms. The van der Waals surface area contributed by atoms with Gasteiger partial charge in [-0.05, 0) is 35.9 Å². The lowest BCUT2D eigenvalue weighted by Crippen LogP contribution is -2.47. The molecule has 0 atom stereocenters. The monoisotopic (exact) mass is 429 g/mol. The number of hydrogen-bond acceptors (Lipinski definition) is 5. The number of carboxylic acid groups (broad SMARTS) is 1. The molecule has 0 aliphatic carbocycles. The van der Waals surface area contributed by atoms with Gasteiger partial charge in [-0.1, -0.05) is 35.9 Å². The zero-order valence-corrected chi connectivity index (χ0v) is 16.7. The number of carbonyl (C=O) groups is 3. The number of amides is 2. The van der Waals surface area contributed by atoms with Crippen molar-refractivity contribution < 1.29 is 24.2 Å². The van der Waals surface area contributed by atoms with Crippen LogP contribution in [0.1, 0.15) is 15.9 Å². The number of carbonyl (C=O) groups excluding carboxylic acids is 2. The fourth-order valence-corrected chi connectivity index (χ4v) is 3.02. The van der Waals surface area contributed by atoms with Crippen LogP contribution in [0.15, 0.2) is 54.2 Å². The molecule has 2 aromatic carbocycles. The lowest BCUT2D eigenvalue weighted by molar-refractivity contribution is -0.132. The molecule has 0 unspecified atom stereocenters. The molecule has 0 bridgehead atoms. The van der Waals surface area contributed by atoms with E-state index >= 15 is 0 Å². The van der Waals surface area contributed by atoms with Crippen molar-refractivity contribution in [3.05, 3.63) is 70.4 Å². The van der Waals surface area contributed by atoms with E-state index < -0.39 is 18.0 Å². The maximum absolute atomic E-state index is 12.3. The van der Waals surface area contributed by atoms with Crippen LogP contribution in [0.3, 0.4) is 0 Å². The zero-order valence-electron chi connectivity index (χ0n) is 15.9. The van der Waals surface area contributed by atoms with Crippen LogP contribution >= 0.6 is 11.6 Å². The van der Waals surface area contributed by atoms with E-state index in [9.17, 15) is 19.5 Å². The minimum absolute atomic E-state index is 0.168. The molecule has 9 heteroatoms. The van der Waals surface area contributed by atoms with Crippen molar-refractivity contribution in [3.8, 4) is 5.75 Å². The minimum atomic E-state index is -1.30. The fourth-order valence-electron chi connectivity index (χ4n) is 2.80. The minimum Gasteiger partial charge on any atom is -0.477 e. The van der Waals surface area contributed by atoms with E-state index in [1.54, 1.807) is 47.4 Å². The van der Waals surface area contributed by atoms with Crippen molar-refractivity contribution in [2.75, 3.05) is 26.2 Å². The van der Waals surface area contributed by atoms with E-state index in [0.29, 0.717) is 24.4 Å². The van der Waals surface area contributed by atoms with Gasteiger partial charge in [-0.2, -0.15) is 0 Å². The SMILES string of the molecule is O=C(O)/C(=C/c1ccc(OC(=O)N2CCNCC2)cc1)NC(=O)c1ccccc1Cl. The highest BCUT2D eigenvalue weighted by Crippen LogP contribution is 2.17. The van der Waals surface area contributed by atoms with Crippen molar-refractivity contribution in [3.63, 3.8) is 0 Å². The maximum atomic E-state index is 12.3. The van der Waals surface area contributed by atoms with Crippen LogP contribution < -0.4 is 15.4 Å². The van der Waals surface area contributed by atoms with Gasteiger partial charge in [0, 0.05) is 26.2 Å². The number of benzene rings is 2. The summed E-state index contributed by atoms with van der Waals surface area (Å²) in [7, 11) is 0. The molecule has 0 aromatic heterocycles. The molecule has 8 nitrogen and oxygen atoms in total. The molecule has 2 aromatic rings. The number of ether oxygens (including phenoxy) is 1. The number of halogens is 1. The Morgan fingerprint density at radius 3 is 2.37 bits per heavy atom. The predicted molar refractivity (Wildman–Crippen MR) is 111 cm³/mol. The van der Waals surface area contributed by atoms with E-state index in [2.05, 4.69) is 10.6 Å². The molecule has 1 aliphatic heterocycles. The molecule has 0 radical (unpaired) electrons. The Kier molecular flexibility index (Phi) is 7.05. The zero-order chi connectivity index (χ0) is 21.5. The van der Waals surface area contributed by atoms with Crippen LogP contribution in [0.25, 0.3) is 6.08 Å². The highest BCUT2D eigenvalue weighted by Gasteiger charge is 2.18. The molecule has 0 spiro atoms. The van der Waals surface area contributed by atoms with Crippen LogP contribution in [0.5, 0.6) is 5.75 Å². The highest BCUT2D eigenvalue weighted by atomic mass is 35.5. The van der Waals surface area contributed by atoms with Crippen molar-refractivity contribution in [2.45, 2.75) is 0 Å². The van der Waals surface area contributed by atoms with Crippen molar-refractivity contribution in [2.24, 2.45) is 0 Å². The summed E-state index contributed by atoms with van der Waals surface area (Å²) in [6, 6.07) is 12.6. The van der Waals surface area contributed by atoms with Crippen LogP contribution in [0.2, 0.25) is 5.02 Å². The second kappa shape index (κ2) is 9.91. The molecule has 0 saturated carbocycles. The summed E-state index contributed by atoms with van der Waals surface area (Å²) in [6.45, 7) is 2.59. The van der Waals surface area contributed by atoms with Gasteiger partial charge in [0.1, 0.15) is 11.4 Å². The Morgan fingerprint density at radius 2 is 1.73 bits per heavy atom. The van der Waals surface area contributed by atoms with Gasteiger partial charge in [-0.3, -0.25) is 4.79 Å². The lowest BCUT2D eigenvalue weighted by atomic mass is 10.1. The molecule has 3 rings (SSSR count). The van der Waals surface area contributed by atoms with E-state index in [4.69, 9.17) is 16.3 Å². The molecule has 1 heterocycles. The normalized spacial score (nSPS) is 14.2. The number of nitrogens with one attached hydrogen (secondary N) is 2. The first-order chi connectivity index (χ1) is 14.4. The van der Waals surface area contributed by atoms with Gasteiger partial charge in [0.15, 0.2) is 0 Å². The number of aliphatic carboxylic acids is 1. The fraction of sp³-hybridized carbons (Fsp3) is 0.190. The average Bonchev–Trinajstić information content (AvgIpc) is 2.75. The summed E-state index contributed by atoms with van der Waals surface area (Å²) in [5.74, 6) is -1.59. The van der Waals surface area contributed by atoms with Crippen LogP contribution in [0.4, 0.5) is 4.79 Å². The molecular formula is C21H20ClN3O5. The van der Waals surface area contributed by atoms with Crippen molar-refractivity contribution >= 4 is 35.6 Å². The van der Waals surface area contributed by atoms with Gasteiger partial charge in [-0.25, -0.2) is 9.59 Å². The standard InChI is InChI=1S/C21H20ClN3O5/c22-17-4-2-1-3-16(17)19(26)24-18(20(27)28)13-14-5-7-15(8-6-14)30-21(29)25-11-9-23-10-12-25/h1-8,13,23H,9-12H2,(H,24,26)(H,27,28)/b18-13-. The van der Waals surface area contributed by atoms with Gasteiger partial charge in [0.25, 0.3) is 5.91 Å².